The molecule has 0 spiro atoms. The fourth-order valence-corrected chi connectivity index (χ4v) is 1.22. The van der Waals surface area contributed by atoms with E-state index in [9.17, 15) is 4.39 Å². The molecule has 1 aromatic rings. The third-order valence-corrected chi connectivity index (χ3v) is 1.98. The Balaban J connectivity index is 2.90. The SMILES string of the molecule is Cc1ccc(F)cc1NC(=NC(C)C)NN. The molecule has 0 fully saturated rings. The van der Waals surface area contributed by atoms with Gasteiger partial charge in [-0.25, -0.2) is 15.2 Å². The minimum atomic E-state index is -0.297. The first-order valence-electron chi connectivity index (χ1n) is 5.10. The highest BCUT2D eigenvalue weighted by Crippen LogP contribution is 2.15. The summed E-state index contributed by atoms with van der Waals surface area (Å²) >= 11 is 0. The lowest BCUT2D eigenvalue weighted by Crippen LogP contribution is -2.37. The summed E-state index contributed by atoms with van der Waals surface area (Å²) < 4.78 is 13.0. The molecular formula is C11H17FN4. The monoisotopic (exact) mass is 224 g/mol. The summed E-state index contributed by atoms with van der Waals surface area (Å²) in [5.41, 5.74) is 4.02. The van der Waals surface area contributed by atoms with Crippen molar-refractivity contribution < 1.29 is 4.39 Å². The smallest absolute Gasteiger partial charge is 0.210 e. The number of hydrogen-bond donors (Lipinski definition) is 3. The average molecular weight is 224 g/mol. The second-order valence-corrected chi connectivity index (χ2v) is 3.80. The molecule has 0 unspecified atom stereocenters. The minimum Gasteiger partial charge on any atom is -0.325 e. The molecule has 1 rings (SSSR count). The molecule has 0 saturated heterocycles. The van der Waals surface area contributed by atoms with Crippen molar-refractivity contribution in [2.45, 2.75) is 26.8 Å². The van der Waals surface area contributed by atoms with E-state index in [1.165, 1.54) is 12.1 Å². The van der Waals surface area contributed by atoms with Crippen molar-refractivity contribution in [2.24, 2.45) is 10.8 Å². The van der Waals surface area contributed by atoms with Crippen LogP contribution in [0.3, 0.4) is 0 Å². The van der Waals surface area contributed by atoms with Gasteiger partial charge in [-0.2, -0.15) is 0 Å². The highest BCUT2D eigenvalue weighted by atomic mass is 19.1. The maximum Gasteiger partial charge on any atom is 0.210 e. The first kappa shape index (κ1) is 12.4. The summed E-state index contributed by atoms with van der Waals surface area (Å²) in [6.07, 6.45) is 0. The van der Waals surface area contributed by atoms with Crippen molar-refractivity contribution in [1.29, 1.82) is 0 Å². The summed E-state index contributed by atoms with van der Waals surface area (Å²) in [5, 5.41) is 2.94. The van der Waals surface area contributed by atoms with Gasteiger partial charge in [0, 0.05) is 11.7 Å². The molecule has 88 valence electrons. The van der Waals surface area contributed by atoms with Crippen molar-refractivity contribution in [3.05, 3.63) is 29.6 Å². The zero-order valence-electron chi connectivity index (χ0n) is 9.71. The third kappa shape index (κ3) is 3.51. The molecular weight excluding hydrogens is 207 g/mol. The van der Waals surface area contributed by atoms with E-state index in [1.54, 1.807) is 6.07 Å². The first-order valence-corrected chi connectivity index (χ1v) is 5.10. The van der Waals surface area contributed by atoms with Gasteiger partial charge in [0.1, 0.15) is 5.82 Å². The molecule has 5 heteroatoms. The fraction of sp³-hybridized carbons (Fsp3) is 0.364. The van der Waals surface area contributed by atoms with Gasteiger partial charge in [-0.3, -0.25) is 5.43 Å². The van der Waals surface area contributed by atoms with Gasteiger partial charge in [-0.05, 0) is 38.5 Å². The van der Waals surface area contributed by atoms with Crippen LogP contribution in [0.4, 0.5) is 10.1 Å². The van der Waals surface area contributed by atoms with Crippen LogP contribution in [0.15, 0.2) is 23.2 Å². The zero-order valence-corrected chi connectivity index (χ0v) is 9.71. The maximum atomic E-state index is 13.0. The lowest BCUT2D eigenvalue weighted by molar-refractivity contribution is 0.628. The summed E-state index contributed by atoms with van der Waals surface area (Å²) in [6, 6.07) is 4.62. The summed E-state index contributed by atoms with van der Waals surface area (Å²) in [4.78, 5) is 4.21. The molecule has 0 bridgehead atoms. The third-order valence-electron chi connectivity index (χ3n) is 1.98. The van der Waals surface area contributed by atoms with E-state index in [1.807, 2.05) is 20.8 Å². The van der Waals surface area contributed by atoms with Crippen LogP contribution < -0.4 is 16.6 Å². The van der Waals surface area contributed by atoms with E-state index < -0.39 is 0 Å². The van der Waals surface area contributed by atoms with Crippen LogP contribution in [-0.4, -0.2) is 12.0 Å². The molecule has 4 N–H and O–H groups in total. The molecule has 16 heavy (non-hydrogen) atoms. The Morgan fingerprint density at radius 1 is 1.44 bits per heavy atom. The van der Waals surface area contributed by atoms with E-state index in [0.717, 1.165) is 5.56 Å². The van der Waals surface area contributed by atoms with Gasteiger partial charge in [-0.15, -0.1) is 0 Å². The second-order valence-electron chi connectivity index (χ2n) is 3.80. The maximum absolute atomic E-state index is 13.0. The van der Waals surface area contributed by atoms with Gasteiger partial charge in [0.05, 0.1) is 0 Å². The van der Waals surface area contributed by atoms with Gasteiger partial charge in [0.25, 0.3) is 0 Å². The van der Waals surface area contributed by atoms with Gasteiger partial charge >= 0.3 is 0 Å². The number of rotatable bonds is 2. The predicted molar refractivity (Wildman–Crippen MR) is 64.7 cm³/mol. The number of guanidine groups is 1. The van der Waals surface area contributed by atoms with Gasteiger partial charge in [0.15, 0.2) is 0 Å². The molecule has 0 saturated carbocycles. The molecule has 0 atom stereocenters. The molecule has 0 aliphatic heterocycles. The Bertz CT molecular complexity index is 388. The quantitative estimate of drug-likeness (QED) is 0.310. The van der Waals surface area contributed by atoms with E-state index in [0.29, 0.717) is 11.6 Å². The van der Waals surface area contributed by atoms with Crippen LogP contribution in [0.2, 0.25) is 0 Å². The van der Waals surface area contributed by atoms with Gasteiger partial charge in [0.2, 0.25) is 5.96 Å². The number of benzene rings is 1. The molecule has 0 radical (unpaired) electrons. The number of aliphatic imine (C=N–C) groups is 1. The number of hydrogen-bond acceptors (Lipinski definition) is 2. The van der Waals surface area contributed by atoms with Crippen LogP contribution in [-0.2, 0) is 0 Å². The summed E-state index contributed by atoms with van der Waals surface area (Å²) in [5.74, 6) is 5.44. The lowest BCUT2D eigenvalue weighted by Gasteiger charge is -2.12. The van der Waals surface area contributed by atoms with E-state index in [2.05, 4.69) is 15.7 Å². The summed E-state index contributed by atoms with van der Waals surface area (Å²) in [6.45, 7) is 5.74. The Labute approximate surface area is 94.7 Å². The number of nitrogens with zero attached hydrogens (tertiary/aromatic N) is 1. The average Bonchev–Trinajstić information content (AvgIpc) is 2.21. The number of nitrogens with two attached hydrogens (primary N) is 1. The predicted octanol–water partition coefficient (Wildman–Crippen LogP) is 1.77. The molecule has 0 aliphatic rings. The Kier molecular flexibility index (Phi) is 4.25. The van der Waals surface area contributed by atoms with Crippen LogP contribution in [0.5, 0.6) is 0 Å². The highest BCUT2D eigenvalue weighted by Gasteiger charge is 2.03. The molecule has 0 heterocycles. The van der Waals surface area contributed by atoms with Crippen LogP contribution >= 0.6 is 0 Å². The number of hydrazine groups is 1. The Hall–Kier alpha value is -1.62. The number of halogens is 1. The molecule has 0 aromatic heterocycles. The van der Waals surface area contributed by atoms with E-state index >= 15 is 0 Å². The fourth-order valence-electron chi connectivity index (χ4n) is 1.22. The minimum absolute atomic E-state index is 0.104. The zero-order chi connectivity index (χ0) is 12.1. The number of nitrogens with one attached hydrogen (secondary N) is 2. The first-order chi connectivity index (χ1) is 7.52. The Morgan fingerprint density at radius 2 is 2.12 bits per heavy atom. The second kappa shape index (κ2) is 5.46. The van der Waals surface area contributed by atoms with Gasteiger partial charge in [-0.1, -0.05) is 6.07 Å². The molecule has 0 aliphatic carbocycles. The lowest BCUT2D eigenvalue weighted by atomic mass is 10.2. The molecule has 4 nitrogen and oxygen atoms in total. The van der Waals surface area contributed by atoms with Crippen molar-refractivity contribution in [3.63, 3.8) is 0 Å². The van der Waals surface area contributed by atoms with E-state index in [-0.39, 0.29) is 11.9 Å². The van der Waals surface area contributed by atoms with Crippen molar-refractivity contribution in [2.75, 3.05) is 5.32 Å². The van der Waals surface area contributed by atoms with Gasteiger partial charge < -0.3 is 5.32 Å². The van der Waals surface area contributed by atoms with Crippen LogP contribution in [0.1, 0.15) is 19.4 Å². The summed E-state index contributed by atoms with van der Waals surface area (Å²) in [7, 11) is 0. The van der Waals surface area contributed by atoms with Crippen LogP contribution in [0, 0.1) is 12.7 Å². The van der Waals surface area contributed by atoms with Crippen LogP contribution in [0.25, 0.3) is 0 Å². The number of aryl methyl sites for hydroxylation is 1. The molecule has 0 amide bonds. The largest absolute Gasteiger partial charge is 0.325 e. The van der Waals surface area contributed by atoms with E-state index in [4.69, 9.17) is 5.84 Å². The topological polar surface area (TPSA) is 62.4 Å². The van der Waals surface area contributed by atoms with Crippen molar-refractivity contribution >= 4 is 11.6 Å². The number of anilines is 1. The molecule has 1 aromatic carbocycles. The normalized spacial score (nSPS) is 11.8. The highest BCUT2D eigenvalue weighted by molar-refractivity contribution is 5.93. The van der Waals surface area contributed by atoms with Crippen molar-refractivity contribution in [1.82, 2.24) is 5.43 Å². The standard InChI is InChI=1S/C11H17FN4/c1-7(2)14-11(16-13)15-10-6-9(12)5-4-8(10)3/h4-7H,13H2,1-3H3,(H2,14,15,16). The van der Waals surface area contributed by atoms with Crippen molar-refractivity contribution in [3.8, 4) is 0 Å². The Morgan fingerprint density at radius 3 is 2.69 bits per heavy atom.